The van der Waals surface area contributed by atoms with Crippen molar-refractivity contribution in [2.24, 2.45) is 0 Å². The number of hydrogen-bond donors (Lipinski definition) is 2. The minimum absolute atomic E-state index is 0.363. The second kappa shape index (κ2) is 6.19. The Morgan fingerprint density at radius 1 is 1.26 bits per heavy atom. The van der Waals surface area contributed by atoms with Crippen molar-refractivity contribution in [3.8, 4) is 0 Å². The van der Waals surface area contributed by atoms with E-state index in [-0.39, 0.29) is 0 Å². The number of fused-ring (bicyclic) bond motifs is 1. The first kappa shape index (κ1) is 14.1. The van der Waals surface area contributed by atoms with Crippen molar-refractivity contribution < 1.29 is 0 Å². The van der Waals surface area contributed by atoms with E-state index in [0.717, 1.165) is 41.4 Å². The third-order valence-corrected chi connectivity index (χ3v) is 3.92. The smallest absolute Gasteiger partial charge is 0.226 e. The van der Waals surface area contributed by atoms with Crippen LogP contribution >= 0.6 is 11.3 Å². The van der Waals surface area contributed by atoms with Crippen molar-refractivity contribution in [1.29, 1.82) is 0 Å². The monoisotopic (exact) mass is 278 g/mol. The number of aryl methyl sites for hydroxylation is 1. The summed E-state index contributed by atoms with van der Waals surface area (Å²) in [5.41, 5.74) is 0. The van der Waals surface area contributed by atoms with E-state index in [1.807, 2.05) is 0 Å². The van der Waals surface area contributed by atoms with Gasteiger partial charge >= 0.3 is 0 Å². The Bertz CT molecular complexity index is 548. The van der Waals surface area contributed by atoms with E-state index in [4.69, 9.17) is 0 Å². The van der Waals surface area contributed by atoms with Crippen LogP contribution in [-0.2, 0) is 6.42 Å². The van der Waals surface area contributed by atoms with Crippen LogP contribution in [0.3, 0.4) is 0 Å². The highest BCUT2D eigenvalue weighted by Crippen LogP contribution is 2.30. The highest BCUT2D eigenvalue weighted by molar-refractivity contribution is 7.18. The molecule has 0 fully saturated rings. The molecular formula is C14H22N4S. The molecule has 0 aliphatic carbocycles. The lowest BCUT2D eigenvalue weighted by Crippen LogP contribution is -2.13. The first-order chi connectivity index (χ1) is 9.13. The highest BCUT2D eigenvalue weighted by atomic mass is 32.1. The van der Waals surface area contributed by atoms with E-state index in [2.05, 4.69) is 54.4 Å². The molecular weight excluding hydrogens is 256 g/mol. The standard InChI is InChI=1S/C14H22N4S/c1-5-7-15-14-17-12(16-9(3)4)11-8-10(6-2)19-13(11)18-14/h8-9H,5-7H2,1-4H3,(H2,15,16,17,18). The average molecular weight is 278 g/mol. The molecule has 4 nitrogen and oxygen atoms in total. The average Bonchev–Trinajstić information content (AvgIpc) is 2.79. The van der Waals surface area contributed by atoms with Gasteiger partial charge in [0, 0.05) is 17.5 Å². The quantitative estimate of drug-likeness (QED) is 0.841. The van der Waals surface area contributed by atoms with Gasteiger partial charge in [-0.2, -0.15) is 4.98 Å². The molecule has 104 valence electrons. The fourth-order valence-corrected chi connectivity index (χ4v) is 2.81. The second-order valence-corrected chi connectivity index (χ2v) is 6.02. The number of nitrogens with zero attached hydrogens (tertiary/aromatic N) is 2. The molecule has 2 N–H and O–H groups in total. The first-order valence-electron chi connectivity index (χ1n) is 6.94. The molecule has 0 aromatic carbocycles. The Labute approximate surface area is 118 Å². The molecule has 0 aliphatic heterocycles. The number of hydrogen-bond acceptors (Lipinski definition) is 5. The van der Waals surface area contributed by atoms with E-state index < -0.39 is 0 Å². The molecule has 0 saturated heterocycles. The Morgan fingerprint density at radius 2 is 2.05 bits per heavy atom. The van der Waals surface area contributed by atoms with Gasteiger partial charge in [0.2, 0.25) is 5.95 Å². The van der Waals surface area contributed by atoms with Gasteiger partial charge in [0.05, 0.1) is 5.39 Å². The van der Waals surface area contributed by atoms with Gasteiger partial charge in [-0.15, -0.1) is 11.3 Å². The van der Waals surface area contributed by atoms with Crippen LogP contribution in [0, 0.1) is 0 Å². The van der Waals surface area contributed by atoms with E-state index in [1.54, 1.807) is 11.3 Å². The van der Waals surface area contributed by atoms with E-state index in [0.29, 0.717) is 6.04 Å². The fraction of sp³-hybridized carbons (Fsp3) is 0.571. The minimum atomic E-state index is 0.363. The van der Waals surface area contributed by atoms with Crippen molar-refractivity contribution >= 4 is 33.3 Å². The molecule has 0 saturated carbocycles. The van der Waals surface area contributed by atoms with Gasteiger partial charge in [-0.05, 0) is 32.8 Å². The van der Waals surface area contributed by atoms with E-state index in [1.165, 1.54) is 4.88 Å². The first-order valence-corrected chi connectivity index (χ1v) is 7.76. The van der Waals surface area contributed by atoms with Crippen LogP contribution in [0.2, 0.25) is 0 Å². The molecule has 0 bridgehead atoms. The van der Waals surface area contributed by atoms with Gasteiger partial charge < -0.3 is 10.6 Å². The van der Waals surface area contributed by atoms with Gasteiger partial charge in [0.1, 0.15) is 10.6 Å². The van der Waals surface area contributed by atoms with E-state index >= 15 is 0 Å². The Balaban J connectivity index is 2.43. The van der Waals surface area contributed by atoms with Crippen LogP contribution in [0.25, 0.3) is 10.2 Å². The molecule has 0 aliphatic rings. The largest absolute Gasteiger partial charge is 0.367 e. The topological polar surface area (TPSA) is 49.8 Å². The predicted molar refractivity (Wildman–Crippen MR) is 84.3 cm³/mol. The van der Waals surface area contributed by atoms with Crippen LogP contribution in [-0.4, -0.2) is 22.6 Å². The number of thiophene rings is 1. The van der Waals surface area contributed by atoms with Gasteiger partial charge in [0.15, 0.2) is 0 Å². The van der Waals surface area contributed by atoms with Gasteiger partial charge in [-0.25, -0.2) is 4.98 Å². The van der Waals surface area contributed by atoms with E-state index in [9.17, 15) is 0 Å². The van der Waals surface area contributed by atoms with Crippen LogP contribution < -0.4 is 10.6 Å². The molecule has 2 heterocycles. The third-order valence-electron chi connectivity index (χ3n) is 2.75. The maximum absolute atomic E-state index is 4.61. The molecule has 0 atom stereocenters. The molecule has 2 aromatic heterocycles. The summed E-state index contributed by atoms with van der Waals surface area (Å²) >= 11 is 1.76. The van der Waals surface area contributed by atoms with Crippen LogP contribution in [0.15, 0.2) is 6.07 Å². The zero-order valence-electron chi connectivity index (χ0n) is 12.1. The molecule has 2 aromatic rings. The number of rotatable bonds is 6. The Kier molecular flexibility index (Phi) is 4.58. The summed E-state index contributed by atoms with van der Waals surface area (Å²) < 4.78 is 0. The lowest BCUT2D eigenvalue weighted by molar-refractivity contribution is 0.888. The summed E-state index contributed by atoms with van der Waals surface area (Å²) in [4.78, 5) is 11.6. The molecule has 5 heteroatoms. The number of nitrogens with one attached hydrogen (secondary N) is 2. The van der Waals surface area contributed by atoms with Crippen molar-refractivity contribution in [2.75, 3.05) is 17.2 Å². The minimum Gasteiger partial charge on any atom is -0.367 e. The molecule has 0 amide bonds. The highest BCUT2D eigenvalue weighted by Gasteiger charge is 2.11. The van der Waals surface area contributed by atoms with Crippen LogP contribution in [0.5, 0.6) is 0 Å². The fourth-order valence-electron chi connectivity index (χ4n) is 1.84. The van der Waals surface area contributed by atoms with Gasteiger partial charge in [-0.3, -0.25) is 0 Å². The van der Waals surface area contributed by atoms with Gasteiger partial charge in [0.25, 0.3) is 0 Å². The molecule has 0 spiro atoms. The summed E-state index contributed by atoms with van der Waals surface area (Å²) in [6.07, 6.45) is 2.11. The Hall–Kier alpha value is -1.36. The van der Waals surface area contributed by atoms with Gasteiger partial charge in [-0.1, -0.05) is 13.8 Å². The second-order valence-electron chi connectivity index (χ2n) is 4.91. The lowest BCUT2D eigenvalue weighted by Gasteiger charge is -2.11. The zero-order valence-corrected chi connectivity index (χ0v) is 12.9. The summed E-state index contributed by atoms with van der Waals surface area (Å²) in [5, 5.41) is 7.83. The maximum atomic E-state index is 4.61. The Morgan fingerprint density at radius 3 is 2.68 bits per heavy atom. The number of aromatic nitrogens is 2. The number of anilines is 2. The maximum Gasteiger partial charge on any atom is 0.226 e. The summed E-state index contributed by atoms with van der Waals surface area (Å²) in [6, 6.07) is 2.57. The molecule has 0 unspecified atom stereocenters. The van der Waals surface area contributed by atoms with Crippen molar-refractivity contribution in [1.82, 2.24) is 9.97 Å². The lowest BCUT2D eigenvalue weighted by atomic mass is 10.3. The SMILES string of the molecule is CCCNc1nc(NC(C)C)c2cc(CC)sc2n1. The van der Waals surface area contributed by atoms with Crippen molar-refractivity contribution in [3.63, 3.8) is 0 Å². The summed E-state index contributed by atoms with van der Waals surface area (Å²) in [5.74, 6) is 1.66. The third kappa shape index (κ3) is 3.35. The summed E-state index contributed by atoms with van der Waals surface area (Å²) in [7, 11) is 0. The molecule has 19 heavy (non-hydrogen) atoms. The molecule has 2 rings (SSSR count). The normalized spacial score (nSPS) is 11.2. The van der Waals surface area contributed by atoms with Crippen molar-refractivity contribution in [3.05, 3.63) is 10.9 Å². The summed E-state index contributed by atoms with van der Waals surface area (Å²) in [6.45, 7) is 9.46. The predicted octanol–water partition coefficient (Wildman–Crippen LogP) is 3.90. The van der Waals surface area contributed by atoms with Crippen LogP contribution in [0.4, 0.5) is 11.8 Å². The molecule has 0 radical (unpaired) electrons. The van der Waals surface area contributed by atoms with Crippen molar-refractivity contribution in [2.45, 2.75) is 46.6 Å². The van der Waals surface area contributed by atoms with Crippen LogP contribution in [0.1, 0.15) is 39.0 Å². The zero-order chi connectivity index (χ0) is 13.8.